The van der Waals surface area contributed by atoms with Gasteiger partial charge in [-0.05, 0) is 74.2 Å². The van der Waals surface area contributed by atoms with Crippen molar-refractivity contribution >= 4 is 46.6 Å². The van der Waals surface area contributed by atoms with Crippen LogP contribution in [-0.2, 0) is 4.79 Å². The van der Waals surface area contributed by atoms with Crippen LogP contribution in [0.4, 0.5) is 0 Å². The quantitative estimate of drug-likeness (QED) is 0.200. The zero-order valence-electron chi connectivity index (χ0n) is 24.6. The fraction of sp³-hybridized carbons (Fsp3) is 0.216. The summed E-state index contributed by atoms with van der Waals surface area (Å²) in [5.74, 6) is 0.230. The van der Waals surface area contributed by atoms with Crippen molar-refractivity contribution in [2.24, 2.45) is 5.41 Å². The predicted molar refractivity (Wildman–Crippen MR) is 183 cm³/mol. The van der Waals surface area contributed by atoms with Gasteiger partial charge in [0.05, 0.1) is 0 Å². The van der Waals surface area contributed by atoms with Crippen LogP contribution in [-0.4, -0.2) is 5.78 Å². The van der Waals surface area contributed by atoms with Crippen molar-refractivity contribution in [1.82, 2.24) is 0 Å². The molecule has 0 unspecified atom stereocenters. The molecule has 3 heteroatoms. The van der Waals surface area contributed by atoms with E-state index in [0.717, 1.165) is 5.57 Å². The summed E-state index contributed by atoms with van der Waals surface area (Å²) in [5, 5.41) is 4.19. The van der Waals surface area contributed by atoms with Gasteiger partial charge < -0.3 is 0 Å². The molecule has 1 nitrogen and oxygen atoms in total. The van der Waals surface area contributed by atoms with E-state index in [1.807, 2.05) is 6.92 Å². The smallest absolute Gasteiger partial charge is 0.156 e. The number of benzene rings is 3. The molecule has 0 N–H and O–H groups in total. The van der Waals surface area contributed by atoms with Gasteiger partial charge in [-0.3, -0.25) is 4.79 Å². The standard InChI is InChI=1S/C19H26O.C18H15P.BrH/c1-14(2)8-7-9-15(3)10-11-18-16(4)12-17(20)13-19(18,5)6;1-4-10-16(11-5-1)19(17-12-6-2-7-13-17)18-14-8-3-9-15-18;/h7-12H,13H2,1-6H3;1-15H;1H/b9-7+,15-10+,18-11+;;. The normalized spacial score (nSPS) is 15.7. The number of hydrogen-bond donors (Lipinski definition) is 0. The number of ketones is 1. The highest BCUT2D eigenvalue weighted by Crippen LogP contribution is 2.39. The molecular formula is C37H42BrOP. The first-order chi connectivity index (χ1) is 18.7. The minimum Gasteiger partial charge on any atom is -0.295 e. The van der Waals surface area contributed by atoms with E-state index in [2.05, 4.69) is 156 Å². The first-order valence-corrected chi connectivity index (χ1v) is 14.9. The topological polar surface area (TPSA) is 17.1 Å². The third-order valence-corrected chi connectivity index (χ3v) is 8.94. The second-order valence-electron chi connectivity index (χ2n) is 10.8. The highest BCUT2D eigenvalue weighted by atomic mass is 79.9. The maximum atomic E-state index is 11.6. The number of carbonyl (C=O) groups excluding carboxylic acids is 1. The molecule has 0 saturated heterocycles. The second-order valence-corrected chi connectivity index (χ2v) is 13.0. The maximum Gasteiger partial charge on any atom is 0.156 e. The summed E-state index contributed by atoms with van der Waals surface area (Å²) >= 11 is 0. The molecule has 0 atom stereocenters. The summed E-state index contributed by atoms with van der Waals surface area (Å²) in [6, 6.07) is 32.3. The van der Waals surface area contributed by atoms with Crippen LogP contribution in [0.5, 0.6) is 0 Å². The molecule has 208 valence electrons. The van der Waals surface area contributed by atoms with Crippen molar-refractivity contribution in [1.29, 1.82) is 0 Å². The highest BCUT2D eigenvalue weighted by Gasteiger charge is 2.30. The summed E-state index contributed by atoms with van der Waals surface area (Å²) in [4.78, 5) is 11.6. The van der Waals surface area contributed by atoms with Gasteiger partial charge in [0.25, 0.3) is 0 Å². The lowest BCUT2D eigenvalue weighted by Crippen LogP contribution is -2.24. The van der Waals surface area contributed by atoms with Crippen molar-refractivity contribution in [2.75, 3.05) is 0 Å². The molecule has 40 heavy (non-hydrogen) atoms. The molecule has 0 bridgehead atoms. The van der Waals surface area contributed by atoms with Crippen molar-refractivity contribution < 1.29 is 4.79 Å². The van der Waals surface area contributed by atoms with E-state index in [1.165, 1.54) is 32.6 Å². The van der Waals surface area contributed by atoms with Crippen LogP contribution in [0, 0.1) is 5.41 Å². The Morgan fingerprint density at radius 3 is 1.60 bits per heavy atom. The third-order valence-electron chi connectivity index (χ3n) is 6.49. The van der Waals surface area contributed by atoms with Gasteiger partial charge in [-0.25, -0.2) is 0 Å². The van der Waals surface area contributed by atoms with Crippen LogP contribution in [0.1, 0.15) is 48.0 Å². The molecule has 1 aliphatic carbocycles. The number of rotatable bonds is 6. The van der Waals surface area contributed by atoms with Crippen LogP contribution in [0.25, 0.3) is 0 Å². The van der Waals surface area contributed by atoms with E-state index in [-0.39, 0.29) is 28.2 Å². The van der Waals surface area contributed by atoms with Gasteiger partial charge in [0.2, 0.25) is 0 Å². The molecule has 1 aliphatic rings. The van der Waals surface area contributed by atoms with E-state index in [1.54, 1.807) is 6.08 Å². The van der Waals surface area contributed by atoms with Crippen LogP contribution in [0.15, 0.2) is 150 Å². The number of allylic oxidation sites excluding steroid dienone is 10. The van der Waals surface area contributed by atoms with E-state index < -0.39 is 7.92 Å². The van der Waals surface area contributed by atoms with Crippen molar-refractivity contribution in [3.8, 4) is 0 Å². The lowest BCUT2D eigenvalue weighted by atomic mass is 9.72. The molecule has 0 heterocycles. The predicted octanol–water partition coefficient (Wildman–Crippen LogP) is 9.35. The van der Waals surface area contributed by atoms with Gasteiger partial charge in [0, 0.05) is 6.42 Å². The minimum atomic E-state index is -0.446. The fourth-order valence-corrected chi connectivity index (χ4v) is 6.94. The number of carbonyl (C=O) groups is 1. The Morgan fingerprint density at radius 1 is 0.750 bits per heavy atom. The van der Waals surface area contributed by atoms with Gasteiger partial charge in [-0.2, -0.15) is 0 Å². The molecule has 0 fully saturated rings. The van der Waals surface area contributed by atoms with Crippen molar-refractivity contribution in [3.05, 3.63) is 150 Å². The first-order valence-electron chi connectivity index (χ1n) is 13.5. The molecule has 0 aliphatic heterocycles. The average Bonchev–Trinajstić information content (AvgIpc) is 2.90. The Labute approximate surface area is 253 Å². The lowest BCUT2D eigenvalue weighted by molar-refractivity contribution is -0.116. The van der Waals surface area contributed by atoms with Gasteiger partial charge in [0.1, 0.15) is 0 Å². The molecule has 0 radical (unpaired) electrons. The van der Waals surface area contributed by atoms with Crippen LogP contribution in [0.3, 0.4) is 0 Å². The summed E-state index contributed by atoms with van der Waals surface area (Å²) in [6.07, 6.45) is 12.9. The Morgan fingerprint density at radius 2 is 1.20 bits per heavy atom. The molecule has 4 rings (SSSR count). The van der Waals surface area contributed by atoms with Crippen LogP contribution >= 0.6 is 24.9 Å². The van der Waals surface area contributed by atoms with E-state index in [9.17, 15) is 4.79 Å². The third kappa shape index (κ3) is 10.2. The molecule has 0 saturated carbocycles. The Bertz CT molecular complexity index is 1280. The lowest BCUT2D eigenvalue weighted by Gasteiger charge is -2.31. The molecule has 3 aromatic rings. The zero-order chi connectivity index (χ0) is 28.3. The number of hydrogen-bond acceptors (Lipinski definition) is 1. The minimum absolute atomic E-state index is 0. The van der Waals surface area contributed by atoms with Crippen molar-refractivity contribution in [2.45, 2.75) is 48.0 Å². The summed E-state index contributed by atoms with van der Waals surface area (Å²) < 4.78 is 0. The second kappa shape index (κ2) is 16.3. The van der Waals surface area contributed by atoms with Crippen LogP contribution < -0.4 is 15.9 Å². The molecule has 3 aromatic carbocycles. The van der Waals surface area contributed by atoms with E-state index in [4.69, 9.17) is 0 Å². The number of halogens is 1. The molecule has 0 amide bonds. The fourth-order valence-electron chi connectivity index (χ4n) is 4.63. The molecular weight excluding hydrogens is 571 g/mol. The van der Waals surface area contributed by atoms with Crippen molar-refractivity contribution in [3.63, 3.8) is 0 Å². The van der Waals surface area contributed by atoms with Gasteiger partial charge in [0.15, 0.2) is 5.78 Å². The summed E-state index contributed by atoms with van der Waals surface area (Å²) in [6.45, 7) is 12.5. The Hall–Kier alpha value is -3.06. The maximum absolute atomic E-state index is 11.6. The van der Waals surface area contributed by atoms with Gasteiger partial charge in [-0.1, -0.05) is 146 Å². The molecule has 0 spiro atoms. The zero-order valence-corrected chi connectivity index (χ0v) is 27.2. The average molecular weight is 614 g/mol. The first kappa shape index (κ1) is 33.1. The van der Waals surface area contributed by atoms with Crippen LogP contribution in [0.2, 0.25) is 0 Å². The largest absolute Gasteiger partial charge is 0.295 e. The van der Waals surface area contributed by atoms with Gasteiger partial charge >= 0.3 is 0 Å². The monoisotopic (exact) mass is 612 g/mol. The molecule has 0 aromatic heterocycles. The highest BCUT2D eigenvalue weighted by molar-refractivity contribution is 8.93. The summed E-state index contributed by atoms with van der Waals surface area (Å²) in [7, 11) is -0.446. The summed E-state index contributed by atoms with van der Waals surface area (Å²) in [5.41, 5.74) is 4.76. The van der Waals surface area contributed by atoms with E-state index in [0.29, 0.717) is 6.42 Å². The Balaban J connectivity index is 0.000000273. The Kier molecular flexibility index (Phi) is 13.5. The van der Waals surface area contributed by atoms with Gasteiger partial charge in [-0.15, -0.1) is 17.0 Å². The van der Waals surface area contributed by atoms with E-state index >= 15 is 0 Å². The SMILES string of the molecule is Br.CC(C)=C/C=C/C(C)=C/C=C1\C(C)=CC(=O)CC1(C)C.c1ccc(P(c2ccccc2)c2ccccc2)cc1.